The van der Waals surface area contributed by atoms with Gasteiger partial charge in [0.15, 0.2) is 0 Å². The van der Waals surface area contributed by atoms with Crippen LogP contribution < -0.4 is 0 Å². The van der Waals surface area contributed by atoms with Crippen LogP contribution in [-0.4, -0.2) is 64.6 Å². The number of rotatable bonds is 4. The number of imide groups is 1. The first-order chi connectivity index (χ1) is 17.1. The number of likely N-dealkylation sites (tertiary alicyclic amines) is 2. The molecule has 1 aliphatic carbocycles. The van der Waals surface area contributed by atoms with Crippen molar-refractivity contribution in [3.05, 3.63) is 59.7 Å². The first-order valence-electron chi connectivity index (χ1n) is 12.8. The lowest BCUT2D eigenvalue weighted by Crippen LogP contribution is -2.50. The molecule has 2 aromatic carbocycles. The van der Waals surface area contributed by atoms with Gasteiger partial charge in [-0.25, -0.2) is 4.79 Å². The summed E-state index contributed by atoms with van der Waals surface area (Å²) in [7, 11) is 0. The van der Waals surface area contributed by atoms with Gasteiger partial charge >= 0.3 is 6.09 Å². The average molecular weight is 491 g/mol. The predicted molar refractivity (Wildman–Crippen MR) is 135 cm³/mol. The Hall–Kier alpha value is -3.19. The van der Waals surface area contributed by atoms with Gasteiger partial charge in [-0.05, 0) is 56.4 Å². The normalized spacial score (nSPS) is 23.7. The Kier molecular flexibility index (Phi) is 6.37. The molecule has 2 heterocycles. The van der Waals surface area contributed by atoms with Gasteiger partial charge in [0.1, 0.15) is 12.6 Å². The Morgan fingerprint density at radius 3 is 2.17 bits per heavy atom. The summed E-state index contributed by atoms with van der Waals surface area (Å²) in [4.78, 5) is 42.1. The number of hydrogen-bond acceptors (Lipinski definition) is 5. The van der Waals surface area contributed by atoms with Crippen molar-refractivity contribution in [1.82, 2.24) is 9.80 Å². The summed E-state index contributed by atoms with van der Waals surface area (Å²) in [5, 5.41) is 0. The highest BCUT2D eigenvalue weighted by Gasteiger charge is 2.47. The third-order valence-corrected chi connectivity index (χ3v) is 7.36. The number of nitrogens with zero attached hydrogens (tertiary/aromatic N) is 2. The van der Waals surface area contributed by atoms with Gasteiger partial charge in [-0.2, -0.15) is 0 Å². The van der Waals surface area contributed by atoms with Gasteiger partial charge in [-0.3, -0.25) is 19.4 Å². The Labute approximate surface area is 212 Å². The van der Waals surface area contributed by atoms with Crippen LogP contribution in [0.15, 0.2) is 48.5 Å². The third-order valence-electron chi connectivity index (χ3n) is 7.36. The topological polar surface area (TPSA) is 76.2 Å². The van der Waals surface area contributed by atoms with Gasteiger partial charge in [-0.15, -0.1) is 0 Å². The van der Waals surface area contributed by atoms with Crippen LogP contribution in [0, 0.1) is 0 Å². The van der Waals surface area contributed by atoms with E-state index in [0.717, 1.165) is 22.3 Å². The fourth-order valence-corrected chi connectivity index (χ4v) is 5.82. The first-order valence-corrected chi connectivity index (χ1v) is 12.8. The lowest BCUT2D eigenvalue weighted by molar-refractivity contribution is -0.146. The van der Waals surface area contributed by atoms with E-state index in [9.17, 15) is 14.4 Å². The molecule has 0 spiro atoms. The standard InChI is InChI=1S/C29H34N2O5/c1-18-13-14-26(32)31(18)27(33)25-15-19(36-29(2,3)4)16-30(25)28(34)35-17-24-22-11-7-5-9-20(22)21-10-6-8-12-23(21)24/h5-12,18-19,24-25H,13-17H2,1-4H3/t18-,19-,25+/m0/s1. The molecule has 0 bridgehead atoms. The first kappa shape index (κ1) is 24.5. The summed E-state index contributed by atoms with van der Waals surface area (Å²) >= 11 is 0. The number of fused-ring (bicyclic) bond motifs is 3. The highest BCUT2D eigenvalue weighted by molar-refractivity contribution is 6.00. The van der Waals surface area contributed by atoms with Crippen molar-refractivity contribution < 1.29 is 23.9 Å². The second kappa shape index (κ2) is 9.36. The van der Waals surface area contributed by atoms with E-state index in [2.05, 4.69) is 24.3 Å². The lowest BCUT2D eigenvalue weighted by Gasteiger charge is -2.28. The number of ether oxygens (including phenoxy) is 2. The number of carbonyl (C=O) groups excluding carboxylic acids is 3. The molecule has 0 aromatic heterocycles. The maximum Gasteiger partial charge on any atom is 0.410 e. The van der Waals surface area contributed by atoms with E-state index in [1.54, 1.807) is 0 Å². The summed E-state index contributed by atoms with van der Waals surface area (Å²) in [5.74, 6) is -0.585. The molecule has 7 nitrogen and oxygen atoms in total. The molecule has 0 unspecified atom stereocenters. The average Bonchev–Trinajstić information content (AvgIpc) is 3.50. The van der Waals surface area contributed by atoms with Gasteiger partial charge in [0.05, 0.1) is 18.2 Å². The van der Waals surface area contributed by atoms with Gasteiger partial charge in [-0.1, -0.05) is 48.5 Å². The number of amides is 3. The molecule has 7 heteroatoms. The zero-order chi connectivity index (χ0) is 25.6. The Morgan fingerprint density at radius 1 is 1.00 bits per heavy atom. The van der Waals surface area contributed by atoms with E-state index in [0.29, 0.717) is 19.3 Å². The second-order valence-corrected chi connectivity index (χ2v) is 11.0. The largest absolute Gasteiger partial charge is 0.448 e. The van der Waals surface area contributed by atoms with E-state index in [4.69, 9.17) is 9.47 Å². The zero-order valence-electron chi connectivity index (χ0n) is 21.4. The smallest absolute Gasteiger partial charge is 0.410 e. The SMILES string of the molecule is C[C@H]1CCC(=O)N1C(=O)[C@H]1C[C@H](OC(C)(C)C)CN1C(=O)OCC1c2ccccc2-c2ccccc21. The summed E-state index contributed by atoms with van der Waals surface area (Å²) in [5.41, 5.74) is 4.15. The third kappa shape index (κ3) is 4.52. The van der Waals surface area contributed by atoms with Crippen molar-refractivity contribution in [2.45, 2.75) is 76.7 Å². The van der Waals surface area contributed by atoms with Crippen molar-refractivity contribution in [2.75, 3.05) is 13.2 Å². The Morgan fingerprint density at radius 2 is 1.61 bits per heavy atom. The van der Waals surface area contributed by atoms with E-state index < -0.39 is 17.7 Å². The molecule has 3 aliphatic rings. The fourth-order valence-electron chi connectivity index (χ4n) is 5.82. The molecule has 3 amide bonds. The van der Waals surface area contributed by atoms with Gasteiger partial charge in [0.2, 0.25) is 5.91 Å². The van der Waals surface area contributed by atoms with Crippen molar-refractivity contribution >= 4 is 17.9 Å². The minimum Gasteiger partial charge on any atom is -0.448 e. The van der Waals surface area contributed by atoms with Crippen molar-refractivity contribution in [3.8, 4) is 11.1 Å². The minimum atomic E-state index is -0.780. The van der Waals surface area contributed by atoms with Crippen molar-refractivity contribution in [3.63, 3.8) is 0 Å². The molecule has 3 atom stereocenters. The number of benzene rings is 2. The van der Waals surface area contributed by atoms with Gasteiger partial charge in [0.25, 0.3) is 5.91 Å². The molecule has 0 N–H and O–H groups in total. The van der Waals surface area contributed by atoms with E-state index >= 15 is 0 Å². The van der Waals surface area contributed by atoms with Gasteiger partial charge in [0, 0.05) is 24.8 Å². The second-order valence-electron chi connectivity index (χ2n) is 11.0. The number of hydrogen-bond donors (Lipinski definition) is 0. The highest BCUT2D eigenvalue weighted by atomic mass is 16.6. The molecule has 36 heavy (non-hydrogen) atoms. The highest BCUT2D eigenvalue weighted by Crippen LogP contribution is 2.44. The molecular formula is C29H34N2O5. The molecule has 2 aromatic rings. The molecule has 0 radical (unpaired) electrons. The molecule has 2 aliphatic heterocycles. The summed E-state index contributed by atoms with van der Waals surface area (Å²) in [6.07, 6.45) is 0.481. The van der Waals surface area contributed by atoms with Crippen LogP contribution in [-0.2, 0) is 19.1 Å². The predicted octanol–water partition coefficient (Wildman–Crippen LogP) is 4.73. The molecule has 190 valence electrons. The van der Waals surface area contributed by atoms with Crippen molar-refractivity contribution in [2.24, 2.45) is 0 Å². The monoisotopic (exact) mass is 490 g/mol. The van der Waals surface area contributed by atoms with E-state index in [-0.39, 0.29) is 43.0 Å². The van der Waals surface area contributed by atoms with Crippen LogP contribution in [0.3, 0.4) is 0 Å². The molecular weight excluding hydrogens is 456 g/mol. The van der Waals surface area contributed by atoms with Crippen LogP contribution >= 0.6 is 0 Å². The van der Waals surface area contributed by atoms with Crippen LogP contribution in [0.4, 0.5) is 4.79 Å². The summed E-state index contributed by atoms with van der Waals surface area (Å²) < 4.78 is 12.0. The molecule has 2 saturated heterocycles. The van der Waals surface area contributed by atoms with Crippen LogP contribution in [0.25, 0.3) is 11.1 Å². The van der Waals surface area contributed by atoms with E-state index in [1.807, 2.05) is 52.0 Å². The Balaban J connectivity index is 1.35. The van der Waals surface area contributed by atoms with E-state index in [1.165, 1.54) is 9.80 Å². The maximum atomic E-state index is 13.5. The fraction of sp³-hybridized carbons (Fsp3) is 0.483. The van der Waals surface area contributed by atoms with Crippen LogP contribution in [0.1, 0.15) is 64.0 Å². The molecule has 2 fully saturated rings. The van der Waals surface area contributed by atoms with Crippen LogP contribution in [0.2, 0.25) is 0 Å². The summed E-state index contributed by atoms with van der Waals surface area (Å²) in [6, 6.07) is 15.4. The number of carbonyl (C=O) groups is 3. The lowest BCUT2D eigenvalue weighted by atomic mass is 9.98. The maximum absolute atomic E-state index is 13.5. The Bertz CT molecular complexity index is 1140. The van der Waals surface area contributed by atoms with Crippen LogP contribution in [0.5, 0.6) is 0 Å². The van der Waals surface area contributed by atoms with Gasteiger partial charge < -0.3 is 9.47 Å². The quantitative estimate of drug-likeness (QED) is 0.579. The summed E-state index contributed by atoms with van der Waals surface area (Å²) in [6.45, 7) is 8.15. The van der Waals surface area contributed by atoms with Crippen molar-refractivity contribution in [1.29, 1.82) is 0 Å². The molecule has 5 rings (SSSR count). The molecule has 0 saturated carbocycles. The zero-order valence-corrected chi connectivity index (χ0v) is 21.4. The minimum absolute atomic E-state index is 0.0695.